The Hall–Kier alpha value is -3.62. The van der Waals surface area contributed by atoms with Crippen LogP contribution < -0.4 is 20.7 Å². The minimum Gasteiger partial charge on any atom is -0.495 e. The van der Waals surface area contributed by atoms with Gasteiger partial charge in [-0.1, -0.05) is 41.1 Å². The highest BCUT2D eigenvalue weighted by molar-refractivity contribution is 7.22. The first-order valence-corrected chi connectivity index (χ1v) is 10.4. The van der Waals surface area contributed by atoms with Gasteiger partial charge in [-0.05, 0) is 48.5 Å². The predicted molar refractivity (Wildman–Crippen MR) is 125 cm³/mol. The number of fused-ring (bicyclic) bond motifs is 1. The number of hydrogen-bond donors (Lipinski definition) is 3. The van der Waals surface area contributed by atoms with Crippen LogP contribution in [0.15, 0.2) is 66.7 Å². The van der Waals surface area contributed by atoms with Crippen LogP contribution >= 0.6 is 22.9 Å². The third-order valence-corrected chi connectivity index (χ3v) is 5.48. The van der Waals surface area contributed by atoms with E-state index in [1.165, 1.54) is 18.4 Å². The molecular formula is C22H17ClN4O3S. The minimum atomic E-state index is -0.443. The SMILES string of the molecule is COc1ccc(Cl)cc1NC(=O)Nc1ccc2nc(NC(=O)c3ccccc3)sc2c1. The van der Waals surface area contributed by atoms with Crippen molar-refractivity contribution in [3.63, 3.8) is 0 Å². The molecule has 7 nitrogen and oxygen atoms in total. The number of amides is 3. The smallest absolute Gasteiger partial charge is 0.323 e. The molecule has 0 aliphatic rings. The lowest BCUT2D eigenvalue weighted by molar-refractivity contribution is 0.102. The van der Waals surface area contributed by atoms with Gasteiger partial charge in [-0.3, -0.25) is 10.1 Å². The number of nitrogens with zero attached hydrogens (tertiary/aromatic N) is 1. The Labute approximate surface area is 187 Å². The molecule has 0 saturated carbocycles. The van der Waals surface area contributed by atoms with Gasteiger partial charge in [0.2, 0.25) is 0 Å². The van der Waals surface area contributed by atoms with Crippen LogP contribution in [0.25, 0.3) is 10.2 Å². The molecule has 0 spiro atoms. The average Bonchev–Trinajstić information content (AvgIpc) is 3.16. The fraction of sp³-hybridized carbons (Fsp3) is 0.0455. The first kappa shape index (κ1) is 20.6. The van der Waals surface area contributed by atoms with E-state index in [4.69, 9.17) is 16.3 Å². The molecule has 0 unspecified atom stereocenters. The van der Waals surface area contributed by atoms with Gasteiger partial charge in [0.05, 0.1) is 23.0 Å². The van der Waals surface area contributed by atoms with Crippen molar-refractivity contribution in [3.05, 3.63) is 77.3 Å². The number of nitrogens with one attached hydrogen (secondary N) is 3. The standard InChI is InChI=1S/C22H17ClN4O3S/c1-30-18-10-7-14(23)11-17(18)25-21(29)24-15-8-9-16-19(12-15)31-22(26-16)27-20(28)13-5-3-2-4-6-13/h2-12H,1H3,(H2,24,25,29)(H,26,27,28). The zero-order chi connectivity index (χ0) is 21.8. The van der Waals surface area contributed by atoms with E-state index in [0.717, 1.165) is 10.2 Å². The van der Waals surface area contributed by atoms with Crippen molar-refractivity contribution in [3.8, 4) is 5.75 Å². The molecule has 0 bridgehead atoms. The van der Waals surface area contributed by atoms with Crippen molar-refractivity contribution in [2.75, 3.05) is 23.1 Å². The highest BCUT2D eigenvalue weighted by atomic mass is 35.5. The summed E-state index contributed by atoms with van der Waals surface area (Å²) in [5.41, 5.74) is 2.31. The predicted octanol–water partition coefficient (Wildman–Crippen LogP) is 5.85. The number of aromatic nitrogens is 1. The molecule has 4 aromatic rings. The largest absolute Gasteiger partial charge is 0.495 e. The number of urea groups is 1. The first-order chi connectivity index (χ1) is 15.0. The zero-order valence-electron chi connectivity index (χ0n) is 16.3. The monoisotopic (exact) mass is 452 g/mol. The second kappa shape index (κ2) is 9.03. The number of rotatable bonds is 5. The molecule has 3 amide bonds. The molecule has 4 rings (SSSR count). The van der Waals surface area contributed by atoms with E-state index < -0.39 is 6.03 Å². The van der Waals surface area contributed by atoms with Crippen LogP contribution in [-0.4, -0.2) is 24.0 Å². The summed E-state index contributed by atoms with van der Waals surface area (Å²) in [6.45, 7) is 0. The molecule has 3 aromatic carbocycles. The maximum absolute atomic E-state index is 12.4. The van der Waals surface area contributed by atoms with Crippen molar-refractivity contribution < 1.29 is 14.3 Å². The third-order valence-electron chi connectivity index (χ3n) is 4.31. The van der Waals surface area contributed by atoms with E-state index in [-0.39, 0.29) is 5.91 Å². The topological polar surface area (TPSA) is 92.3 Å². The summed E-state index contributed by atoms with van der Waals surface area (Å²) < 4.78 is 6.05. The van der Waals surface area contributed by atoms with E-state index in [1.54, 1.807) is 60.7 Å². The molecule has 0 atom stereocenters. The van der Waals surface area contributed by atoms with Crippen molar-refractivity contribution in [1.82, 2.24) is 4.98 Å². The van der Waals surface area contributed by atoms with Crippen molar-refractivity contribution >= 4 is 61.6 Å². The normalized spacial score (nSPS) is 10.5. The first-order valence-electron chi connectivity index (χ1n) is 9.20. The number of ether oxygens (including phenoxy) is 1. The maximum Gasteiger partial charge on any atom is 0.323 e. The van der Waals surface area contributed by atoms with Crippen LogP contribution in [0.4, 0.5) is 21.3 Å². The number of carbonyl (C=O) groups excluding carboxylic acids is 2. The van der Waals surface area contributed by atoms with Crippen LogP contribution in [0, 0.1) is 0 Å². The number of carbonyl (C=O) groups is 2. The lowest BCUT2D eigenvalue weighted by Gasteiger charge is -2.11. The highest BCUT2D eigenvalue weighted by Crippen LogP contribution is 2.30. The summed E-state index contributed by atoms with van der Waals surface area (Å²) >= 11 is 7.32. The van der Waals surface area contributed by atoms with Gasteiger partial charge >= 0.3 is 6.03 Å². The van der Waals surface area contributed by atoms with Crippen molar-refractivity contribution in [1.29, 1.82) is 0 Å². The third kappa shape index (κ3) is 4.93. The van der Waals surface area contributed by atoms with Crippen molar-refractivity contribution in [2.45, 2.75) is 0 Å². The Bertz CT molecular complexity index is 1260. The van der Waals surface area contributed by atoms with Crippen LogP contribution in [-0.2, 0) is 0 Å². The quantitative estimate of drug-likeness (QED) is 0.354. The van der Waals surface area contributed by atoms with Crippen LogP contribution in [0.1, 0.15) is 10.4 Å². The molecule has 3 N–H and O–H groups in total. The second-order valence-corrected chi connectivity index (χ2v) is 7.91. The fourth-order valence-electron chi connectivity index (χ4n) is 2.88. The summed E-state index contributed by atoms with van der Waals surface area (Å²) in [6.07, 6.45) is 0. The van der Waals surface area contributed by atoms with E-state index in [0.29, 0.717) is 32.8 Å². The van der Waals surface area contributed by atoms with Gasteiger partial charge in [0.25, 0.3) is 5.91 Å². The summed E-state index contributed by atoms with van der Waals surface area (Å²) in [5, 5.41) is 9.25. The van der Waals surface area contributed by atoms with Gasteiger partial charge in [-0.2, -0.15) is 0 Å². The van der Waals surface area contributed by atoms with E-state index in [1.807, 2.05) is 6.07 Å². The Kier molecular flexibility index (Phi) is 6.01. The molecule has 0 saturated heterocycles. The van der Waals surface area contributed by atoms with E-state index in [2.05, 4.69) is 20.9 Å². The van der Waals surface area contributed by atoms with Gasteiger partial charge in [0.1, 0.15) is 5.75 Å². The molecule has 0 aliphatic carbocycles. The fourth-order valence-corrected chi connectivity index (χ4v) is 3.95. The van der Waals surface area contributed by atoms with Crippen LogP contribution in [0.3, 0.4) is 0 Å². The Morgan fingerprint density at radius 2 is 1.77 bits per heavy atom. The number of anilines is 3. The average molecular weight is 453 g/mol. The van der Waals surface area contributed by atoms with Gasteiger partial charge < -0.3 is 15.4 Å². The highest BCUT2D eigenvalue weighted by Gasteiger charge is 2.12. The lowest BCUT2D eigenvalue weighted by atomic mass is 10.2. The van der Waals surface area contributed by atoms with Gasteiger partial charge in [-0.25, -0.2) is 9.78 Å². The number of thiazole rings is 1. The summed E-state index contributed by atoms with van der Waals surface area (Å²) in [5.74, 6) is 0.268. The number of hydrogen-bond acceptors (Lipinski definition) is 5. The van der Waals surface area contributed by atoms with E-state index >= 15 is 0 Å². The van der Waals surface area contributed by atoms with Gasteiger partial charge in [0.15, 0.2) is 5.13 Å². The second-order valence-electron chi connectivity index (χ2n) is 6.45. The summed E-state index contributed by atoms with van der Waals surface area (Å²) in [7, 11) is 1.51. The van der Waals surface area contributed by atoms with Crippen LogP contribution in [0.5, 0.6) is 5.75 Å². The van der Waals surface area contributed by atoms with Crippen molar-refractivity contribution in [2.24, 2.45) is 0 Å². The Balaban J connectivity index is 1.46. The number of methoxy groups -OCH3 is 1. The number of halogens is 1. The molecule has 0 radical (unpaired) electrons. The molecule has 1 heterocycles. The molecular weight excluding hydrogens is 436 g/mol. The number of benzene rings is 3. The maximum atomic E-state index is 12.4. The molecule has 156 valence electrons. The zero-order valence-corrected chi connectivity index (χ0v) is 17.9. The minimum absolute atomic E-state index is 0.229. The summed E-state index contributed by atoms with van der Waals surface area (Å²) in [4.78, 5) is 29.2. The molecule has 31 heavy (non-hydrogen) atoms. The van der Waals surface area contributed by atoms with Crippen LogP contribution in [0.2, 0.25) is 5.02 Å². The van der Waals surface area contributed by atoms with E-state index in [9.17, 15) is 9.59 Å². The molecule has 9 heteroatoms. The molecule has 0 aliphatic heterocycles. The van der Waals surface area contributed by atoms with Gasteiger partial charge in [-0.15, -0.1) is 0 Å². The Morgan fingerprint density at radius 3 is 2.55 bits per heavy atom. The summed E-state index contributed by atoms with van der Waals surface area (Å²) in [6, 6.07) is 18.7. The molecule has 0 fully saturated rings. The van der Waals surface area contributed by atoms with Gasteiger partial charge in [0, 0.05) is 16.3 Å². The lowest BCUT2D eigenvalue weighted by Crippen LogP contribution is -2.19. The Morgan fingerprint density at radius 1 is 0.968 bits per heavy atom. The molecule has 1 aromatic heterocycles.